The summed E-state index contributed by atoms with van der Waals surface area (Å²) in [5.74, 6) is -4.33. The van der Waals surface area contributed by atoms with E-state index in [0.29, 0.717) is 5.75 Å². The number of carboxylic acids is 2. The summed E-state index contributed by atoms with van der Waals surface area (Å²) in [6, 6.07) is 3.17. The van der Waals surface area contributed by atoms with E-state index in [0.717, 1.165) is 16.5 Å². The number of hydrogen-bond acceptors (Lipinski definition) is 7. The van der Waals surface area contributed by atoms with Gasteiger partial charge in [-0.2, -0.15) is 11.8 Å². The summed E-state index contributed by atoms with van der Waals surface area (Å²) < 4.78 is 0. The molecule has 0 aliphatic heterocycles. The van der Waals surface area contributed by atoms with E-state index in [9.17, 15) is 29.1 Å². The third kappa shape index (κ3) is 9.59. The standard InChI is InChI=1S/C26H37N5O7S/c1-14(2)22(31-23(34)17(27)12-15-13-28-18-7-5-4-6-16(15)18)25(36)29-19(10-11-39-3)24(35)30-20(26(37)38)8-9-21(32)33/h4-7,13-14,17,19-20,22,28H,8-12,27H2,1-3H3,(H,29,36)(H,30,35)(H,31,34)(H,32,33)(H,37,38). The SMILES string of the molecule is CSCCC(NC(=O)C(NC(=O)C(N)Cc1c[nH]c2ccccc12)C(C)C)C(=O)NC(CCC(=O)O)C(=O)O. The molecule has 4 atom stereocenters. The van der Waals surface area contributed by atoms with Gasteiger partial charge in [-0.05, 0) is 48.8 Å². The van der Waals surface area contributed by atoms with Crippen molar-refractivity contribution in [2.45, 2.75) is 63.7 Å². The van der Waals surface area contributed by atoms with Gasteiger partial charge in [-0.3, -0.25) is 19.2 Å². The van der Waals surface area contributed by atoms with Crippen molar-refractivity contribution in [3.8, 4) is 0 Å². The monoisotopic (exact) mass is 563 g/mol. The lowest BCUT2D eigenvalue weighted by Crippen LogP contribution is -2.58. The van der Waals surface area contributed by atoms with Crippen LogP contribution in [0.15, 0.2) is 30.5 Å². The highest BCUT2D eigenvalue weighted by molar-refractivity contribution is 7.98. The van der Waals surface area contributed by atoms with E-state index < -0.39 is 60.2 Å². The Labute approximate surface area is 230 Å². The molecule has 214 valence electrons. The van der Waals surface area contributed by atoms with E-state index in [2.05, 4.69) is 20.9 Å². The van der Waals surface area contributed by atoms with E-state index in [-0.39, 0.29) is 25.2 Å². The van der Waals surface area contributed by atoms with Crippen LogP contribution in [-0.2, 0) is 30.4 Å². The van der Waals surface area contributed by atoms with Crippen LogP contribution in [0.4, 0.5) is 0 Å². The van der Waals surface area contributed by atoms with Crippen LogP contribution in [-0.4, -0.2) is 81.0 Å². The molecular formula is C26H37N5O7S. The maximum absolute atomic E-state index is 13.2. The zero-order chi connectivity index (χ0) is 29.1. The van der Waals surface area contributed by atoms with Crippen molar-refractivity contribution in [1.82, 2.24) is 20.9 Å². The van der Waals surface area contributed by atoms with Crippen molar-refractivity contribution in [1.29, 1.82) is 0 Å². The fraction of sp³-hybridized carbons (Fsp3) is 0.500. The molecule has 0 radical (unpaired) electrons. The lowest BCUT2D eigenvalue weighted by atomic mass is 10.0. The number of aromatic amines is 1. The number of carbonyl (C=O) groups excluding carboxylic acids is 3. The predicted octanol–water partition coefficient (Wildman–Crippen LogP) is 0.851. The normalized spacial score (nSPS) is 14.3. The molecule has 1 heterocycles. The lowest BCUT2D eigenvalue weighted by molar-refractivity contribution is -0.143. The average Bonchev–Trinajstić information content (AvgIpc) is 3.29. The zero-order valence-corrected chi connectivity index (χ0v) is 23.0. The zero-order valence-electron chi connectivity index (χ0n) is 22.2. The molecular weight excluding hydrogens is 526 g/mol. The number of H-pyrrole nitrogens is 1. The fourth-order valence-electron chi connectivity index (χ4n) is 3.99. The minimum Gasteiger partial charge on any atom is -0.481 e. The average molecular weight is 564 g/mol. The summed E-state index contributed by atoms with van der Waals surface area (Å²) in [4.78, 5) is 64.5. The van der Waals surface area contributed by atoms with Crippen molar-refractivity contribution >= 4 is 52.3 Å². The molecule has 2 rings (SSSR count). The molecule has 12 nitrogen and oxygen atoms in total. The topological polar surface area (TPSA) is 204 Å². The number of carboxylic acid groups (broad SMARTS) is 2. The van der Waals surface area contributed by atoms with Crippen LogP contribution >= 0.6 is 11.8 Å². The van der Waals surface area contributed by atoms with E-state index in [4.69, 9.17) is 10.8 Å². The van der Waals surface area contributed by atoms with E-state index in [1.165, 1.54) is 11.8 Å². The molecule has 0 aliphatic carbocycles. The summed E-state index contributed by atoms with van der Waals surface area (Å²) in [6.45, 7) is 3.47. The Morgan fingerprint density at radius 3 is 2.23 bits per heavy atom. The molecule has 13 heteroatoms. The Kier molecular flexibility index (Phi) is 12.3. The third-order valence-electron chi connectivity index (χ3n) is 6.20. The highest BCUT2D eigenvalue weighted by atomic mass is 32.2. The minimum absolute atomic E-state index is 0.197. The molecule has 0 saturated heterocycles. The van der Waals surface area contributed by atoms with Crippen LogP contribution in [0.25, 0.3) is 10.9 Å². The second kappa shape index (κ2) is 15.1. The number of carbonyl (C=O) groups is 5. The van der Waals surface area contributed by atoms with Gasteiger partial charge in [-0.25, -0.2) is 4.79 Å². The number of thioether (sulfide) groups is 1. The molecule has 0 bridgehead atoms. The van der Waals surface area contributed by atoms with Crippen LogP contribution in [0, 0.1) is 5.92 Å². The highest BCUT2D eigenvalue weighted by Crippen LogP contribution is 2.19. The quantitative estimate of drug-likeness (QED) is 0.154. The number of hydrogen-bond donors (Lipinski definition) is 7. The summed E-state index contributed by atoms with van der Waals surface area (Å²) in [5.41, 5.74) is 7.96. The lowest BCUT2D eigenvalue weighted by Gasteiger charge is -2.27. The van der Waals surface area contributed by atoms with Crippen molar-refractivity contribution in [3.05, 3.63) is 36.0 Å². The van der Waals surface area contributed by atoms with Crippen molar-refractivity contribution in [3.63, 3.8) is 0 Å². The first-order chi connectivity index (χ1) is 18.4. The van der Waals surface area contributed by atoms with E-state index in [1.54, 1.807) is 20.0 Å². The molecule has 0 saturated carbocycles. The van der Waals surface area contributed by atoms with E-state index >= 15 is 0 Å². The number of amides is 3. The fourth-order valence-corrected chi connectivity index (χ4v) is 4.46. The van der Waals surface area contributed by atoms with E-state index in [1.807, 2.05) is 30.5 Å². The van der Waals surface area contributed by atoms with Gasteiger partial charge in [0.25, 0.3) is 0 Å². The smallest absolute Gasteiger partial charge is 0.326 e. The predicted molar refractivity (Wildman–Crippen MR) is 148 cm³/mol. The molecule has 0 aliphatic rings. The summed E-state index contributed by atoms with van der Waals surface area (Å²) >= 11 is 1.43. The molecule has 39 heavy (non-hydrogen) atoms. The van der Waals surface area contributed by atoms with Crippen molar-refractivity contribution < 1.29 is 34.2 Å². The number of para-hydroxylation sites is 1. The maximum Gasteiger partial charge on any atom is 0.326 e. The van der Waals surface area contributed by atoms with Crippen LogP contribution in [0.5, 0.6) is 0 Å². The van der Waals surface area contributed by atoms with Crippen LogP contribution < -0.4 is 21.7 Å². The first kappa shape index (κ1) is 31.6. The largest absolute Gasteiger partial charge is 0.481 e. The molecule has 0 fully saturated rings. The minimum atomic E-state index is -1.43. The number of rotatable bonds is 16. The molecule has 0 spiro atoms. The molecule has 8 N–H and O–H groups in total. The summed E-state index contributed by atoms with van der Waals surface area (Å²) in [7, 11) is 0. The Hall–Kier alpha value is -3.58. The van der Waals surface area contributed by atoms with Gasteiger partial charge >= 0.3 is 11.9 Å². The third-order valence-corrected chi connectivity index (χ3v) is 6.85. The highest BCUT2D eigenvalue weighted by Gasteiger charge is 2.31. The van der Waals surface area contributed by atoms with Crippen molar-refractivity contribution in [2.24, 2.45) is 11.7 Å². The van der Waals surface area contributed by atoms with Crippen LogP contribution in [0.3, 0.4) is 0 Å². The first-order valence-corrected chi connectivity index (χ1v) is 14.0. The van der Waals surface area contributed by atoms with Gasteiger partial charge in [0.05, 0.1) is 6.04 Å². The second-order valence-electron chi connectivity index (χ2n) is 9.57. The number of aromatic nitrogens is 1. The van der Waals surface area contributed by atoms with Gasteiger partial charge in [0.2, 0.25) is 17.7 Å². The maximum atomic E-state index is 13.2. The van der Waals surface area contributed by atoms with Crippen molar-refractivity contribution in [2.75, 3.05) is 12.0 Å². The molecule has 2 aromatic rings. The Morgan fingerprint density at radius 2 is 1.62 bits per heavy atom. The number of nitrogens with two attached hydrogens (primary N) is 1. The molecule has 3 amide bonds. The Bertz CT molecular complexity index is 1170. The van der Waals surface area contributed by atoms with Gasteiger partial charge in [0.1, 0.15) is 18.1 Å². The Morgan fingerprint density at radius 1 is 0.949 bits per heavy atom. The summed E-state index contributed by atoms with van der Waals surface area (Å²) in [6.07, 6.45) is 3.30. The molecule has 4 unspecified atom stereocenters. The van der Waals surface area contributed by atoms with Gasteiger partial charge in [0.15, 0.2) is 0 Å². The number of fused-ring (bicyclic) bond motifs is 1. The van der Waals surface area contributed by atoms with Crippen LogP contribution in [0.1, 0.15) is 38.7 Å². The van der Waals surface area contributed by atoms with Gasteiger partial charge in [-0.1, -0.05) is 32.0 Å². The van der Waals surface area contributed by atoms with Crippen LogP contribution in [0.2, 0.25) is 0 Å². The summed E-state index contributed by atoms with van der Waals surface area (Å²) in [5, 5.41) is 26.8. The Balaban J connectivity index is 2.08. The van der Waals surface area contributed by atoms with Gasteiger partial charge < -0.3 is 36.9 Å². The first-order valence-electron chi connectivity index (χ1n) is 12.6. The van der Waals surface area contributed by atoms with Gasteiger partial charge in [0, 0.05) is 23.5 Å². The second-order valence-corrected chi connectivity index (χ2v) is 10.6. The number of nitrogens with one attached hydrogen (secondary N) is 4. The van der Waals surface area contributed by atoms with Gasteiger partial charge in [-0.15, -0.1) is 0 Å². The molecule has 1 aromatic heterocycles. The number of benzene rings is 1. The molecule has 1 aromatic carbocycles. The number of aliphatic carboxylic acids is 2.